The van der Waals surface area contributed by atoms with Crippen molar-refractivity contribution in [1.82, 2.24) is 20.3 Å². The maximum Gasteiger partial charge on any atom is 0.259 e. The Labute approximate surface area is 307 Å². The van der Waals surface area contributed by atoms with Crippen molar-refractivity contribution in [1.29, 1.82) is 0 Å². The summed E-state index contributed by atoms with van der Waals surface area (Å²) in [6.45, 7) is 20.1. The van der Waals surface area contributed by atoms with Crippen molar-refractivity contribution >= 4 is 50.1 Å². The fraction of sp³-hybridized carbons (Fsp3) is 0.605. The minimum Gasteiger partial charge on any atom is -0.488 e. The second-order valence-corrected chi connectivity index (χ2v) is 19.3. The number of ether oxygens (including phenoxy) is 2. The van der Waals surface area contributed by atoms with Crippen molar-refractivity contribution in [2.75, 3.05) is 13.6 Å². The summed E-state index contributed by atoms with van der Waals surface area (Å²) in [5, 5.41) is 7.38. The van der Waals surface area contributed by atoms with E-state index in [-0.39, 0.29) is 30.7 Å². The smallest absolute Gasteiger partial charge is 0.259 e. The van der Waals surface area contributed by atoms with Gasteiger partial charge in [-0.15, -0.1) is 6.58 Å². The summed E-state index contributed by atoms with van der Waals surface area (Å²) in [4.78, 5) is 43.3. The molecule has 51 heavy (non-hydrogen) atoms. The Bertz CT molecular complexity index is 1830. The average molecular weight is 745 g/mol. The highest BCUT2D eigenvalue weighted by Crippen LogP contribution is 2.46. The van der Waals surface area contributed by atoms with Gasteiger partial charge >= 0.3 is 0 Å². The Morgan fingerprint density at radius 3 is 2.22 bits per heavy atom. The molecule has 5 atom stereocenters. The molecule has 1 heterocycles. The number of likely N-dealkylation sites (N-methyl/N-ethyl adjacent to an activating group) is 1. The minimum atomic E-state index is -3.85. The summed E-state index contributed by atoms with van der Waals surface area (Å²) in [5.74, 6) is -0.925. The molecule has 1 saturated heterocycles. The normalized spacial score (nSPS) is 24.5. The SMILES string of the molecule is C=C[C@@H]1C[C@]1(NC(=O)[C@@H]1C[C@@H](Oc2ccc(OC(C)(C)C(C)(C)C)c3ccc(Cl)cc23)CN1C(=O)C(NC)C(C)(C)C)C(=O)NS(=O)(=O)C1CC1. The van der Waals surface area contributed by atoms with E-state index in [4.69, 9.17) is 21.1 Å². The first-order valence-corrected chi connectivity index (χ1v) is 19.5. The Balaban J connectivity index is 1.45. The number of carbonyl (C=O) groups is 3. The van der Waals surface area contributed by atoms with Gasteiger partial charge in [-0.2, -0.15) is 0 Å². The van der Waals surface area contributed by atoms with E-state index in [2.05, 4.69) is 42.7 Å². The summed E-state index contributed by atoms with van der Waals surface area (Å²) in [6, 6.07) is 7.54. The third kappa shape index (κ3) is 7.88. The van der Waals surface area contributed by atoms with Gasteiger partial charge < -0.3 is 25.0 Å². The van der Waals surface area contributed by atoms with Crippen molar-refractivity contribution in [3.8, 4) is 11.5 Å². The molecule has 3 N–H and O–H groups in total. The van der Waals surface area contributed by atoms with Crippen LogP contribution in [-0.4, -0.2) is 79.2 Å². The highest BCUT2D eigenvalue weighted by molar-refractivity contribution is 7.91. The van der Waals surface area contributed by atoms with Gasteiger partial charge in [0.15, 0.2) is 0 Å². The second-order valence-electron chi connectivity index (χ2n) is 16.9. The molecule has 3 fully saturated rings. The van der Waals surface area contributed by atoms with E-state index in [1.54, 1.807) is 13.1 Å². The van der Waals surface area contributed by atoms with E-state index < -0.39 is 67.7 Å². The molecule has 0 radical (unpaired) electrons. The third-order valence-corrected chi connectivity index (χ3v) is 12.9. The molecule has 3 aliphatic rings. The first-order chi connectivity index (χ1) is 23.5. The van der Waals surface area contributed by atoms with Crippen LogP contribution in [-0.2, 0) is 24.4 Å². The molecule has 5 rings (SSSR count). The zero-order valence-corrected chi connectivity index (χ0v) is 32.8. The van der Waals surface area contributed by atoms with Crippen molar-refractivity contribution in [3.63, 3.8) is 0 Å². The fourth-order valence-corrected chi connectivity index (χ4v) is 8.09. The number of fused-ring (bicyclic) bond motifs is 1. The van der Waals surface area contributed by atoms with Crippen LogP contribution in [0.15, 0.2) is 43.0 Å². The largest absolute Gasteiger partial charge is 0.488 e. The first kappa shape index (κ1) is 38.9. The van der Waals surface area contributed by atoms with Gasteiger partial charge in [-0.25, -0.2) is 8.42 Å². The lowest BCUT2D eigenvalue weighted by Gasteiger charge is -2.39. The molecule has 2 aliphatic carbocycles. The molecule has 0 spiro atoms. The maximum absolute atomic E-state index is 14.2. The average Bonchev–Trinajstić information content (AvgIpc) is 3.94. The van der Waals surface area contributed by atoms with E-state index in [1.165, 1.54) is 11.0 Å². The number of nitrogens with zero attached hydrogens (tertiary/aromatic N) is 1. The van der Waals surface area contributed by atoms with Gasteiger partial charge in [-0.3, -0.25) is 19.1 Å². The lowest BCUT2D eigenvalue weighted by molar-refractivity contribution is -0.142. The van der Waals surface area contributed by atoms with Crippen molar-refractivity contribution in [2.45, 2.75) is 116 Å². The number of hydrogen-bond acceptors (Lipinski definition) is 8. The molecule has 1 aliphatic heterocycles. The van der Waals surface area contributed by atoms with E-state index in [0.717, 1.165) is 10.8 Å². The van der Waals surface area contributed by atoms with Gasteiger partial charge in [0, 0.05) is 33.5 Å². The van der Waals surface area contributed by atoms with Crippen LogP contribution in [0.2, 0.25) is 5.02 Å². The third-order valence-electron chi connectivity index (χ3n) is 10.9. The number of carbonyl (C=O) groups excluding carboxylic acids is 3. The molecular weight excluding hydrogens is 692 g/mol. The van der Waals surface area contributed by atoms with Crippen LogP contribution in [0.4, 0.5) is 0 Å². The number of sulfonamides is 1. The minimum absolute atomic E-state index is 0.0999. The van der Waals surface area contributed by atoms with E-state index in [1.807, 2.05) is 58.9 Å². The Hall–Kier alpha value is -3.35. The molecule has 2 saturated carbocycles. The first-order valence-electron chi connectivity index (χ1n) is 17.6. The van der Waals surface area contributed by atoms with Gasteiger partial charge in [0.2, 0.25) is 21.8 Å². The van der Waals surface area contributed by atoms with E-state index >= 15 is 0 Å². The van der Waals surface area contributed by atoms with Crippen molar-refractivity contribution in [3.05, 3.63) is 48.0 Å². The maximum atomic E-state index is 14.2. The monoisotopic (exact) mass is 744 g/mol. The predicted octanol–water partition coefficient (Wildman–Crippen LogP) is 5.35. The molecule has 2 aromatic rings. The van der Waals surface area contributed by atoms with Gasteiger partial charge in [0.25, 0.3) is 5.91 Å². The molecule has 0 aromatic heterocycles. The number of likely N-dealkylation sites (tertiary alicyclic amines) is 1. The van der Waals surface area contributed by atoms with Gasteiger partial charge in [-0.05, 0) is 75.9 Å². The second kappa shape index (κ2) is 13.6. The number of hydrogen-bond donors (Lipinski definition) is 3. The zero-order valence-electron chi connectivity index (χ0n) is 31.2. The summed E-state index contributed by atoms with van der Waals surface area (Å²) >= 11 is 6.48. The highest BCUT2D eigenvalue weighted by Gasteiger charge is 2.62. The van der Waals surface area contributed by atoms with Crippen LogP contribution >= 0.6 is 11.6 Å². The quantitative estimate of drug-likeness (QED) is 0.247. The van der Waals surface area contributed by atoms with Crippen LogP contribution < -0.4 is 24.8 Å². The summed E-state index contributed by atoms with van der Waals surface area (Å²) in [7, 11) is -2.15. The molecule has 0 bridgehead atoms. The lowest BCUT2D eigenvalue weighted by Crippen LogP contribution is -2.59. The molecule has 1 unspecified atom stereocenters. The van der Waals surface area contributed by atoms with E-state index in [9.17, 15) is 22.8 Å². The lowest BCUT2D eigenvalue weighted by atomic mass is 9.79. The van der Waals surface area contributed by atoms with Gasteiger partial charge in [-0.1, -0.05) is 59.2 Å². The van der Waals surface area contributed by atoms with Crippen LogP contribution in [0, 0.1) is 16.7 Å². The summed E-state index contributed by atoms with van der Waals surface area (Å²) < 4.78 is 40.7. The number of halogens is 1. The molecule has 11 nitrogen and oxygen atoms in total. The van der Waals surface area contributed by atoms with Crippen LogP contribution in [0.5, 0.6) is 11.5 Å². The predicted molar refractivity (Wildman–Crippen MR) is 199 cm³/mol. The van der Waals surface area contributed by atoms with Crippen LogP contribution in [0.3, 0.4) is 0 Å². The highest BCUT2D eigenvalue weighted by atomic mass is 35.5. The molecular formula is C38H53ClN4O7S. The zero-order chi connectivity index (χ0) is 37.9. The number of rotatable bonds is 12. The number of nitrogens with one attached hydrogen (secondary N) is 3. The van der Waals surface area contributed by atoms with E-state index in [0.29, 0.717) is 29.4 Å². The van der Waals surface area contributed by atoms with Crippen LogP contribution in [0.1, 0.15) is 81.1 Å². The molecule has 2 aromatic carbocycles. The van der Waals surface area contributed by atoms with Gasteiger partial charge in [0.05, 0.1) is 17.8 Å². The number of amides is 3. The molecule has 280 valence electrons. The standard InChI is InChI=1S/C38H53ClN4O7S/c1-11-22-20-38(22,34(46)42-51(47,48)25-13-14-25)41-32(44)28-19-24(21-43(28)33(45)31(40-10)35(2,3)4)49-29-16-17-30(50-37(8,9)36(5,6)7)26-15-12-23(39)18-27(26)29/h11-12,15-18,22,24-25,28,31,40H,1,13-14,19-21H2,2-10H3,(H,41,44)(H,42,46)/t22-,24-,28+,31?,38-/m1/s1. The Kier molecular flexibility index (Phi) is 10.3. The van der Waals surface area contributed by atoms with Gasteiger partial charge in [0.1, 0.15) is 34.8 Å². The molecule has 3 amide bonds. The summed E-state index contributed by atoms with van der Waals surface area (Å²) in [5.41, 5.74) is -2.64. The Morgan fingerprint density at radius 1 is 1.02 bits per heavy atom. The van der Waals surface area contributed by atoms with Crippen LogP contribution in [0.25, 0.3) is 10.8 Å². The summed E-state index contributed by atoms with van der Waals surface area (Å²) in [6.07, 6.45) is 2.24. The number of benzene rings is 2. The Morgan fingerprint density at radius 2 is 1.67 bits per heavy atom. The van der Waals surface area contributed by atoms with Crippen molar-refractivity contribution in [2.24, 2.45) is 16.7 Å². The van der Waals surface area contributed by atoms with Crippen molar-refractivity contribution < 1.29 is 32.3 Å². The topological polar surface area (TPSA) is 143 Å². The fourth-order valence-electron chi connectivity index (χ4n) is 6.55. The molecule has 13 heteroatoms.